The normalized spacial score (nSPS) is 16.1. The van der Waals surface area contributed by atoms with Gasteiger partial charge in [-0.2, -0.15) is 0 Å². The predicted molar refractivity (Wildman–Crippen MR) is 97.1 cm³/mol. The Labute approximate surface area is 148 Å². The molecule has 0 aliphatic carbocycles. The summed E-state index contributed by atoms with van der Waals surface area (Å²) in [6.07, 6.45) is 0. The molecule has 0 unspecified atom stereocenters. The van der Waals surface area contributed by atoms with Crippen molar-refractivity contribution in [2.75, 3.05) is 7.05 Å². The van der Waals surface area contributed by atoms with Crippen molar-refractivity contribution < 1.29 is 18.3 Å². The second kappa shape index (κ2) is 5.44. The fraction of sp³-hybridized carbons (Fsp3) is 0.0556. The first-order chi connectivity index (χ1) is 11.9. The number of allylic oxidation sites excluding steroid dienone is 1. The summed E-state index contributed by atoms with van der Waals surface area (Å²) in [6, 6.07) is 15.3. The van der Waals surface area contributed by atoms with Crippen LogP contribution in [0.3, 0.4) is 0 Å². The summed E-state index contributed by atoms with van der Waals surface area (Å²) < 4.78 is 27.2. The molecule has 1 aromatic heterocycles. The van der Waals surface area contributed by atoms with Crippen LogP contribution < -0.4 is 0 Å². The molecule has 5 nitrogen and oxygen atoms in total. The lowest BCUT2D eigenvalue weighted by atomic mass is 10.1. The molecule has 0 amide bonds. The summed E-state index contributed by atoms with van der Waals surface area (Å²) in [6.45, 7) is 0. The van der Waals surface area contributed by atoms with E-state index in [1.807, 2.05) is 24.3 Å². The fourth-order valence-corrected chi connectivity index (χ4v) is 5.29. The molecule has 126 valence electrons. The van der Waals surface area contributed by atoms with Crippen molar-refractivity contribution in [3.05, 3.63) is 70.7 Å². The van der Waals surface area contributed by atoms with Crippen LogP contribution in [0.2, 0.25) is 0 Å². The number of aliphatic hydroxyl groups is 1. The van der Waals surface area contributed by atoms with Crippen LogP contribution >= 0.6 is 11.3 Å². The van der Waals surface area contributed by atoms with Gasteiger partial charge in [0.05, 0.1) is 9.77 Å². The lowest BCUT2D eigenvalue weighted by molar-refractivity contribution is 0.101. The van der Waals surface area contributed by atoms with E-state index in [1.165, 1.54) is 30.5 Å². The molecule has 7 heteroatoms. The third-order valence-electron chi connectivity index (χ3n) is 4.18. The van der Waals surface area contributed by atoms with E-state index < -0.39 is 15.8 Å². The molecule has 0 bridgehead atoms. The van der Waals surface area contributed by atoms with Gasteiger partial charge in [-0.05, 0) is 29.7 Å². The molecule has 0 saturated carbocycles. The van der Waals surface area contributed by atoms with Gasteiger partial charge in [-0.15, -0.1) is 11.3 Å². The van der Waals surface area contributed by atoms with E-state index in [-0.39, 0.29) is 21.9 Å². The highest BCUT2D eigenvalue weighted by atomic mass is 32.2. The maximum Gasteiger partial charge on any atom is 0.265 e. The quantitative estimate of drug-likeness (QED) is 0.698. The summed E-state index contributed by atoms with van der Waals surface area (Å²) in [5.41, 5.74) is -0.0877. The van der Waals surface area contributed by atoms with Gasteiger partial charge < -0.3 is 5.11 Å². The highest BCUT2D eigenvalue weighted by molar-refractivity contribution is 7.89. The Bertz CT molecular complexity index is 1130. The number of carbonyl (C=O) groups is 1. The van der Waals surface area contributed by atoms with Gasteiger partial charge in [0.15, 0.2) is 5.76 Å². The van der Waals surface area contributed by atoms with Crippen molar-refractivity contribution in [3.63, 3.8) is 0 Å². The van der Waals surface area contributed by atoms with E-state index in [2.05, 4.69) is 0 Å². The van der Waals surface area contributed by atoms with Crippen LogP contribution in [-0.2, 0) is 10.0 Å². The Kier molecular flexibility index (Phi) is 3.45. The number of fused-ring (bicyclic) bond motifs is 2. The predicted octanol–water partition coefficient (Wildman–Crippen LogP) is 3.64. The van der Waals surface area contributed by atoms with Crippen molar-refractivity contribution in [2.24, 2.45) is 0 Å². The molecule has 0 atom stereocenters. The van der Waals surface area contributed by atoms with Crippen molar-refractivity contribution in [1.82, 2.24) is 4.31 Å². The Balaban J connectivity index is 1.93. The fourth-order valence-electron chi connectivity index (χ4n) is 2.89. The molecule has 2 aromatic carbocycles. The van der Waals surface area contributed by atoms with Crippen LogP contribution in [0, 0.1) is 0 Å². The van der Waals surface area contributed by atoms with Gasteiger partial charge >= 0.3 is 0 Å². The summed E-state index contributed by atoms with van der Waals surface area (Å²) in [5.74, 6) is -0.838. The number of Topliss-reactive ketones (excluding diaryl/α,β-unsaturated/α-hetero) is 1. The molecule has 3 aromatic rings. The number of sulfonamides is 1. The number of ketones is 1. The smallest absolute Gasteiger partial charge is 0.265 e. The highest BCUT2D eigenvalue weighted by Gasteiger charge is 2.38. The van der Waals surface area contributed by atoms with Crippen LogP contribution in [-0.4, -0.2) is 30.7 Å². The summed E-state index contributed by atoms with van der Waals surface area (Å²) >= 11 is 1.27. The highest BCUT2D eigenvalue weighted by Crippen LogP contribution is 2.37. The molecule has 4 rings (SSSR count). The van der Waals surface area contributed by atoms with Crippen molar-refractivity contribution >= 4 is 43.0 Å². The lowest BCUT2D eigenvalue weighted by Crippen LogP contribution is -2.34. The molecule has 1 aliphatic heterocycles. The van der Waals surface area contributed by atoms with Crippen LogP contribution in [0.15, 0.2) is 65.2 Å². The monoisotopic (exact) mass is 371 g/mol. The third kappa shape index (κ3) is 2.27. The second-order valence-corrected chi connectivity index (χ2v) is 8.66. The van der Waals surface area contributed by atoms with Crippen LogP contribution in [0.4, 0.5) is 0 Å². The topological polar surface area (TPSA) is 74.7 Å². The van der Waals surface area contributed by atoms with Crippen molar-refractivity contribution in [2.45, 2.75) is 4.90 Å². The van der Waals surface area contributed by atoms with Crippen LogP contribution in [0.25, 0.3) is 15.8 Å². The average Bonchev–Trinajstić information content (AvgIpc) is 3.04. The zero-order valence-corrected chi connectivity index (χ0v) is 14.8. The number of benzene rings is 2. The summed E-state index contributed by atoms with van der Waals surface area (Å²) in [4.78, 5) is 13.3. The molecule has 1 N–H and O–H groups in total. The third-order valence-corrected chi connectivity index (χ3v) is 7.11. The first kappa shape index (κ1) is 15.9. The molecular formula is C18H13NO4S2. The summed E-state index contributed by atoms with van der Waals surface area (Å²) in [7, 11) is -2.61. The van der Waals surface area contributed by atoms with Gasteiger partial charge in [0, 0.05) is 17.3 Å². The molecule has 25 heavy (non-hydrogen) atoms. The van der Waals surface area contributed by atoms with E-state index >= 15 is 0 Å². The van der Waals surface area contributed by atoms with Gasteiger partial charge in [-0.1, -0.05) is 30.3 Å². The van der Waals surface area contributed by atoms with Gasteiger partial charge in [-0.25, -0.2) is 8.42 Å². The van der Waals surface area contributed by atoms with Gasteiger partial charge in [0.25, 0.3) is 10.0 Å². The van der Waals surface area contributed by atoms with Crippen LogP contribution in [0.1, 0.15) is 15.2 Å². The molecule has 0 saturated heterocycles. The minimum atomic E-state index is -3.89. The minimum Gasteiger partial charge on any atom is -0.505 e. The maximum absolute atomic E-state index is 13.0. The zero-order chi connectivity index (χ0) is 17.8. The van der Waals surface area contributed by atoms with E-state index in [9.17, 15) is 18.3 Å². The van der Waals surface area contributed by atoms with E-state index in [4.69, 9.17) is 0 Å². The number of rotatable bonds is 2. The van der Waals surface area contributed by atoms with E-state index in [1.54, 1.807) is 18.2 Å². The Morgan fingerprint density at radius 1 is 1.08 bits per heavy atom. The van der Waals surface area contributed by atoms with E-state index in [0.29, 0.717) is 4.88 Å². The molecule has 0 spiro atoms. The lowest BCUT2D eigenvalue weighted by Gasteiger charge is -2.28. The Hall–Kier alpha value is -2.64. The SMILES string of the molecule is CN1C(C(=O)c2cc3ccccc3s2)=C(O)c2ccccc2S1(=O)=O. The summed E-state index contributed by atoms with van der Waals surface area (Å²) in [5, 5.41) is 11.5. The van der Waals surface area contributed by atoms with Gasteiger partial charge in [-0.3, -0.25) is 9.10 Å². The Morgan fingerprint density at radius 3 is 2.52 bits per heavy atom. The number of hydrogen-bond acceptors (Lipinski definition) is 5. The van der Waals surface area contributed by atoms with Crippen molar-refractivity contribution in [1.29, 1.82) is 0 Å². The molecule has 1 aliphatic rings. The number of likely N-dealkylation sites (N-methyl/N-ethyl adjacent to an activating group) is 1. The second-order valence-electron chi connectivity index (χ2n) is 5.64. The number of hydrogen-bond donors (Lipinski definition) is 1. The molecular weight excluding hydrogens is 358 g/mol. The van der Waals surface area contributed by atoms with Gasteiger partial charge in [0.2, 0.25) is 5.78 Å². The molecule has 0 fully saturated rings. The van der Waals surface area contributed by atoms with Crippen LogP contribution in [0.5, 0.6) is 0 Å². The van der Waals surface area contributed by atoms with Gasteiger partial charge in [0.1, 0.15) is 5.70 Å². The standard InChI is InChI=1S/C18H13NO4S2/c1-19-16(17(20)12-7-3-5-9-15(12)25(19,22)23)18(21)14-10-11-6-2-4-8-13(11)24-14/h2-10,20H,1H3. The van der Waals surface area contributed by atoms with Crippen molar-refractivity contribution in [3.8, 4) is 0 Å². The first-order valence-electron chi connectivity index (χ1n) is 7.46. The Morgan fingerprint density at radius 2 is 1.76 bits per heavy atom. The number of nitrogens with zero attached hydrogens (tertiary/aromatic N) is 1. The number of aliphatic hydroxyl groups excluding tert-OH is 1. The number of thiophene rings is 1. The first-order valence-corrected chi connectivity index (χ1v) is 9.72. The average molecular weight is 371 g/mol. The maximum atomic E-state index is 13.0. The largest absolute Gasteiger partial charge is 0.505 e. The minimum absolute atomic E-state index is 0.0112. The zero-order valence-electron chi connectivity index (χ0n) is 13.1. The molecule has 0 radical (unpaired) electrons. The molecule has 2 heterocycles. The number of carbonyl (C=O) groups excluding carboxylic acids is 1. The van der Waals surface area contributed by atoms with E-state index in [0.717, 1.165) is 14.4 Å².